The Morgan fingerprint density at radius 2 is 0.941 bits per heavy atom. The van der Waals surface area contributed by atoms with E-state index in [4.69, 9.17) is 9.47 Å². The number of likely N-dealkylation sites (N-methyl/N-ethyl adjacent to an activating group) is 3. The number of hydrogen-bond acceptors (Lipinski definition) is 8. The SMILES string of the molecule is CCCCCCCCCOC(=O)CCC[N+](=CCCN1CCCN(C)CCN(C)CCCN(C)CC1)CCCC(=O)OCCCCCCCCC. The minimum Gasteiger partial charge on any atom is -0.466 e. The van der Waals surface area contributed by atoms with E-state index in [0.717, 1.165) is 117 Å². The average molecular weight is 723 g/mol. The molecule has 51 heavy (non-hydrogen) atoms. The standard InChI is InChI=1S/C42H84N5O4/c1-6-8-10-12-14-16-18-39-50-41(48)25-20-30-46(31-21-26-42(49)51-40-19-17-15-13-11-9-7-2)33-24-34-47-32-23-29-44(4)36-35-43(3)27-22-28-45(5)37-38-47/h33H,6-32,34-40H2,1-5H3/q+1. The molecule has 300 valence electrons. The molecule has 0 aromatic rings. The van der Waals surface area contributed by atoms with Crippen LogP contribution in [0.3, 0.4) is 0 Å². The van der Waals surface area contributed by atoms with E-state index in [0.29, 0.717) is 26.1 Å². The summed E-state index contributed by atoms with van der Waals surface area (Å²) in [5.74, 6) is -0.164. The zero-order valence-corrected chi connectivity index (χ0v) is 34.5. The number of hydrogen-bond donors (Lipinski definition) is 0. The van der Waals surface area contributed by atoms with Gasteiger partial charge in [0.05, 0.1) is 26.1 Å². The Balaban J connectivity index is 2.59. The Labute approximate surface area is 315 Å². The van der Waals surface area contributed by atoms with Crippen LogP contribution >= 0.6 is 0 Å². The fourth-order valence-electron chi connectivity index (χ4n) is 6.70. The van der Waals surface area contributed by atoms with Crippen LogP contribution in [0.1, 0.15) is 149 Å². The molecule has 0 aliphatic carbocycles. The van der Waals surface area contributed by atoms with Gasteiger partial charge in [-0.25, -0.2) is 4.58 Å². The van der Waals surface area contributed by atoms with Gasteiger partial charge in [-0.05, 0) is 73.0 Å². The lowest BCUT2D eigenvalue weighted by Gasteiger charge is -2.28. The molecule has 1 heterocycles. The molecular weight excluding hydrogens is 638 g/mol. The molecule has 0 atom stereocenters. The first-order chi connectivity index (χ1) is 24.8. The predicted octanol–water partition coefficient (Wildman–Crippen LogP) is 7.50. The van der Waals surface area contributed by atoms with E-state index >= 15 is 0 Å². The van der Waals surface area contributed by atoms with E-state index in [1.165, 1.54) is 77.0 Å². The van der Waals surface area contributed by atoms with Gasteiger partial charge in [-0.3, -0.25) is 9.59 Å². The molecule has 0 saturated carbocycles. The summed E-state index contributed by atoms with van der Waals surface area (Å²) in [6.07, 6.45) is 25.2. The van der Waals surface area contributed by atoms with Crippen LogP contribution in [0, 0.1) is 0 Å². The Hall–Kier alpha value is -1.55. The molecule has 0 N–H and O–H groups in total. The van der Waals surface area contributed by atoms with Crippen molar-refractivity contribution in [3.63, 3.8) is 0 Å². The lowest BCUT2D eigenvalue weighted by Crippen LogP contribution is -2.39. The van der Waals surface area contributed by atoms with Crippen LogP contribution in [-0.4, -0.2) is 149 Å². The minimum absolute atomic E-state index is 0.0820. The Morgan fingerprint density at radius 3 is 1.41 bits per heavy atom. The number of nitrogens with zero attached hydrogens (tertiary/aromatic N) is 5. The molecule has 9 nitrogen and oxygen atoms in total. The zero-order valence-electron chi connectivity index (χ0n) is 34.5. The van der Waals surface area contributed by atoms with Gasteiger partial charge in [0.2, 0.25) is 0 Å². The quantitative estimate of drug-likeness (QED) is 0.0374. The zero-order chi connectivity index (χ0) is 37.2. The summed E-state index contributed by atoms with van der Waals surface area (Å²) in [4.78, 5) is 35.0. The Bertz CT molecular complexity index is 817. The van der Waals surface area contributed by atoms with Gasteiger partial charge < -0.3 is 29.1 Å². The van der Waals surface area contributed by atoms with Crippen LogP contribution in [0.2, 0.25) is 0 Å². The van der Waals surface area contributed by atoms with Crippen LogP contribution < -0.4 is 0 Å². The van der Waals surface area contributed by atoms with Gasteiger partial charge in [0.25, 0.3) is 0 Å². The molecule has 0 radical (unpaired) electrons. The number of esters is 2. The fraction of sp³-hybridized carbons (Fsp3) is 0.929. The third-order valence-electron chi connectivity index (χ3n) is 10.3. The fourth-order valence-corrected chi connectivity index (χ4v) is 6.70. The number of rotatable bonds is 27. The summed E-state index contributed by atoms with van der Waals surface area (Å²) in [6.45, 7) is 17.1. The highest BCUT2D eigenvalue weighted by Gasteiger charge is 2.13. The molecule has 9 heteroatoms. The van der Waals surface area contributed by atoms with Crippen molar-refractivity contribution in [1.82, 2.24) is 19.6 Å². The number of unbranched alkanes of at least 4 members (excludes halogenated alkanes) is 12. The molecular formula is C42H84N5O4+. The molecule has 1 aliphatic heterocycles. The van der Waals surface area contributed by atoms with Crippen molar-refractivity contribution < 1.29 is 23.6 Å². The van der Waals surface area contributed by atoms with Crippen molar-refractivity contribution in [2.75, 3.05) is 106 Å². The largest absolute Gasteiger partial charge is 0.466 e. The van der Waals surface area contributed by atoms with Crippen molar-refractivity contribution in [3.8, 4) is 0 Å². The molecule has 0 aromatic carbocycles. The summed E-state index contributed by atoms with van der Waals surface area (Å²) in [6, 6.07) is 0. The van der Waals surface area contributed by atoms with Gasteiger partial charge in [0, 0.05) is 52.0 Å². The second kappa shape index (κ2) is 34.2. The molecule has 1 aliphatic rings. The van der Waals surface area contributed by atoms with E-state index in [1.54, 1.807) is 0 Å². The molecule has 0 spiro atoms. The summed E-state index contributed by atoms with van der Waals surface area (Å²) >= 11 is 0. The maximum Gasteiger partial charge on any atom is 0.306 e. The van der Waals surface area contributed by atoms with Crippen LogP contribution in [0.4, 0.5) is 0 Å². The minimum atomic E-state index is -0.0820. The maximum atomic E-state index is 12.5. The Kier molecular flexibility index (Phi) is 31.9. The van der Waals surface area contributed by atoms with Gasteiger partial charge in [0.15, 0.2) is 0 Å². The highest BCUT2D eigenvalue weighted by atomic mass is 16.5. The smallest absolute Gasteiger partial charge is 0.306 e. The number of carbonyl (C=O) groups excluding carboxylic acids is 2. The van der Waals surface area contributed by atoms with Crippen molar-refractivity contribution in [2.24, 2.45) is 0 Å². The van der Waals surface area contributed by atoms with Gasteiger partial charge in [-0.1, -0.05) is 90.9 Å². The molecule has 1 rings (SSSR count). The highest BCUT2D eigenvalue weighted by Crippen LogP contribution is 2.09. The first kappa shape index (κ1) is 47.5. The normalized spacial score (nSPS) is 16.5. The first-order valence-corrected chi connectivity index (χ1v) is 21.5. The third kappa shape index (κ3) is 30.6. The van der Waals surface area contributed by atoms with Gasteiger partial charge in [-0.2, -0.15) is 0 Å². The molecule has 0 bridgehead atoms. The lowest BCUT2D eigenvalue weighted by molar-refractivity contribution is -0.525. The van der Waals surface area contributed by atoms with E-state index < -0.39 is 0 Å². The van der Waals surface area contributed by atoms with Crippen molar-refractivity contribution in [2.45, 2.75) is 149 Å². The van der Waals surface area contributed by atoms with Crippen LogP contribution in [-0.2, 0) is 19.1 Å². The highest BCUT2D eigenvalue weighted by molar-refractivity contribution is 5.69. The maximum absolute atomic E-state index is 12.5. The summed E-state index contributed by atoms with van der Waals surface area (Å²) < 4.78 is 13.4. The number of ether oxygens (including phenoxy) is 2. The molecule has 1 saturated heterocycles. The predicted molar refractivity (Wildman–Crippen MR) is 215 cm³/mol. The Morgan fingerprint density at radius 1 is 0.529 bits per heavy atom. The lowest BCUT2D eigenvalue weighted by atomic mass is 10.1. The topological polar surface area (TPSA) is 68.6 Å². The van der Waals surface area contributed by atoms with Crippen LogP contribution in [0.5, 0.6) is 0 Å². The monoisotopic (exact) mass is 723 g/mol. The number of carbonyl (C=O) groups is 2. The second-order valence-corrected chi connectivity index (χ2v) is 15.4. The van der Waals surface area contributed by atoms with E-state index in [1.807, 2.05) is 0 Å². The van der Waals surface area contributed by atoms with Crippen molar-refractivity contribution in [3.05, 3.63) is 0 Å². The van der Waals surface area contributed by atoms with E-state index in [2.05, 4.69) is 65.4 Å². The molecule has 1 fully saturated rings. The molecule has 0 aromatic heterocycles. The van der Waals surface area contributed by atoms with Crippen LogP contribution in [0.15, 0.2) is 0 Å². The van der Waals surface area contributed by atoms with Crippen molar-refractivity contribution >= 4 is 18.2 Å². The average Bonchev–Trinajstić information content (AvgIpc) is 3.11. The molecule has 0 unspecified atom stereocenters. The van der Waals surface area contributed by atoms with Crippen molar-refractivity contribution in [1.29, 1.82) is 0 Å². The summed E-state index contributed by atoms with van der Waals surface area (Å²) in [5, 5.41) is 0. The van der Waals surface area contributed by atoms with E-state index in [-0.39, 0.29) is 11.9 Å². The molecule has 0 amide bonds. The summed E-state index contributed by atoms with van der Waals surface area (Å²) in [7, 11) is 6.75. The van der Waals surface area contributed by atoms with Gasteiger partial charge in [-0.15, -0.1) is 0 Å². The summed E-state index contributed by atoms with van der Waals surface area (Å²) in [5.41, 5.74) is 0. The van der Waals surface area contributed by atoms with Gasteiger partial charge >= 0.3 is 11.9 Å². The third-order valence-corrected chi connectivity index (χ3v) is 10.3. The van der Waals surface area contributed by atoms with Crippen LogP contribution in [0.25, 0.3) is 0 Å². The van der Waals surface area contributed by atoms with E-state index in [9.17, 15) is 9.59 Å². The second-order valence-electron chi connectivity index (χ2n) is 15.4. The first-order valence-electron chi connectivity index (χ1n) is 21.5. The van der Waals surface area contributed by atoms with Gasteiger partial charge in [0.1, 0.15) is 19.3 Å².